The predicted octanol–water partition coefficient (Wildman–Crippen LogP) is 2.84. The second-order valence-electron chi connectivity index (χ2n) is 6.43. The molecule has 0 aliphatic heterocycles. The summed E-state index contributed by atoms with van der Waals surface area (Å²) in [5.41, 5.74) is 1.13. The quantitative estimate of drug-likeness (QED) is 0.743. The van der Waals surface area contributed by atoms with Gasteiger partial charge < -0.3 is 10.2 Å². The van der Waals surface area contributed by atoms with Crippen molar-refractivity contribution >= 4 is 5.97 Å². The second-order valence-corrected chi connectivity index (χ2v) is 6.43. The van der Waals surface area contributed by atoms with E-state index < -0.39 is 5.97 Å². The van der Waals surface area contributed by atoms with E-state index in [4.69, 9.17) is 5.11 Å². The highest BCUT2D eigenvalue weighted by molar-refractivity contribution is 5.69. The highest BCUT2D eigenvalue weighted by Crippen LogP contribution is 2.54. The minimum absolute atomic E-state index is 0.0793. The van der Waals surface area contributed by atoms with Gasteiger partial charge in [-0.2, -0.15) is 0 Å². The lowest BCUT2D eigenvalue weighted by molar-refractivity contribution is -0.145. The normalized spacial score (nSPS) is 42.2. The molecule has 102 valence electrons. The van der Waals surface area contributed by atoms with Crippen LogP contribution in [0, 0.1) is 23.2 Å². The number of aliphatic hydroxyl groups excluding tert-OH is 1. The van der Waals surface area contributed by atoms with E-state index in [1.807, 2.05) is 0 Å². The van der Waals surface area contributed by atoms with Crippen molar-refractivity contribution in [1.82, 2.24) is 0 Å². The van der Waals surface area contributed by atoms with Gasteiger partial charge >= 0.3 is 5.97 Å². The Bertz CT molecular complexity index is 363. The fourth-order valence-corrected chi connectivity index (χ4v) is 3.87. The van der Waals surface area contributed by atoms with Crippen molar-refractivity contribution in [3.05, 3.63) is 12.2 Å². The van der Waals surface area contributed by atoms with E-state index in [0.29, 0.717) is 5.92 Å². The molecule has 2 N–H and O–H groups in total. The third-order valence-electron chi connectivity index (χ3n) is 5.48. The molecule has 0 radical (unpaired) electrons. The Kier molecular flexibility index (Phi) is 3.54. The fourth-order valence-electron chi connectivity index (χ4n) is 3.87. The van der Waals surface area contributed by atoms with Crippen molar-refractivity contribution in [2.45, 2.75) is 52.1 Å². The van der Waals surface area contributed by atoms with E-state index in [-0.39, 0.29) is 23.4 Å². The van der Waals surface area contributed by atoms with Crippen molar-refractivity contribution in [3.63, 3.8) is 0 Å². The molecule has 0 amide bonds. The summed E-state index contributed by atoms with van der Waals surface area (Å²) in [7, 11) is 0. The monoisotopic (exact) mass is 252 g/mol. The van der Waals surface area contributed by atoms with Crippen LogP contribution in [0.15, 0.2) is 12.2 Å². The summed E-state index contributed by atoms with van der Waals surface area (Å²) in [4.78, 5) is 11.1. The maximum Gasteiger partial charge on any atom is 0.306 e. The summed E-state index contributed by atoms with van der Waals surface area (Å²) in [6, 6.07) is 0. The Morgan fingerprint density at radius 3 is 2.78 bits per heavy atom. The smallest absolute Gasteiger partial charge is 0.306 e. The number of rotatable bonds is 2. The lowest BCUT2D eigenvalue weighted by Crippen LogP contribution is -2.48. The van der Waals surface area contributed by atoms with Crippen LogP contribution in [0.5, 0.6) is 0 Å². The van der Waals surface area contributed by atoms with Crippen LogP contribution >= 0.6 is 0 Å². The molecule has 18 heavy (non-hydrogen) atoms. The average Bonchev–Trinajstić information content (AvgIpc) is 2.33. The van der Waals surface area contributed by atoms with Gasteiger partial charge in [0.25, 0.3) is 0 Å². The molecule has 0 aromatic heterocycles. The number of aliphatic carboxylic acids is 1. The maximum atomic E-state index is 11.1. The van der Waals surface area contributed by atoms with Gasteiger partial charge in [0.1, 0.15) is 0 Å². The highest BCUT2D eigenvalue weighted by Gasteiger charge is 2.49. The van der Waals surface area contributed by atoms with Gasteiger partial charge in [0.2, 0.25) is 0 Å². The zero-order valence-electron chi connectivity index (χ0n) is 11.4. The van der Waals surface area contributed by atoms with Gasteiger partial charge in [-0.25, -0.2) is 0 Å². The molecule has 0 saturated heterocycles. The van der Waals surface area contributed by atoms with Gasteiger partial charge in [-0.05, 0) is 43.9 Å². The first-order valence-corrected chi connectivity index (χ1v) is 6.94. The van der Waals surface area contributed by atoms with E-state index >= 15 is 0 Å². The number of allylic oxidation sites excluding steroid dienone is 1. The number of aliphatic hydroxyl groups is 1. The summed E-state index contributed by atoms with van der Waals surface area (Å²) in [6.07, 6.45) is 4.14. The van der Waals surface area contributed by atoms with Crippen LogP contribution in [-0.4, -0.2) is 22.3 Å². The number of hydrogen-bond donors (Lipinski definition) is 2. The molecular formula is C15H24O3. The van der Waals surface area contributed by atoms with E-state index in [1.54, 1.807) is 6.92 Å². The number of hydrogen-bond acceptors (Lipinski definition) is 2. The summed E-state index contributed by atoms with van der Waals surface area (Å²) >= 11 is 0. The van der Waals surface area contributed by atoms with E-state index in [2.05, 4.69) is 13.5 Å². The second kappa shape index (κ2) is 4.69. The van der Waals surface area contributed by atoms with Crippen molar-refractivity contribution in [2.24, 2.45) is 23.2 Å². The topological polar surface area (TPSA) is 57.5 Å². The molecule has 3 heteroatoms. The molecule has 0 aromatic rings. The summed E-state index contributed by atoms with van der Waals surface area (Å²) in [5.74, 6) is -0.476. The molecule has 0 spiro atoms. The average molecular weight is 252 g/mol. The van der Waals surface area contributed by atoms with Crippen LogP contribution in [0.2, 0.25) is 0 Å². The predicted molar refractivity (Wildman–Crippen MR) is 70.1 cm³/mol. The third kappa shape index (κ3) is 2.09. The van der Waals surface area contributed by atoms with Crippen LogP contribution in [0.4, 0.5) is 0 Å². The van der Waals surface area contributed by atoms with Crippen LogP contribution in [-0.2, 0) is 4.79 Å². The number of carboxylic acids is 1. The van der Waals surface area contributed by atoms with E-state index in [1.165, 1.54) is 5.57 Å². The molecular weight excluding hydrogens is 228 g/mol. The molecule has 0 unspecified atom stereocenters. The van der Waals surface area contributed by atoms with Crippen molar-refractivity contribution in [1.29, 1.82) is 0 Å². The Morgan fingerprint density at radius 1 is 1.50 bits per heavy atom. The number of carbonyl (C=O) groups is 1. The zero-order chi connectivity index (χ0) is 13.5. The molecule has 0 aromatic carbocycles. The first-order valence-electron chi connectivity index (χ1n) is 6.94. The van der Waals surface area contributed by atoms with Crippen LogP contribution in [0.3, 0.4) is 0 Å². The lowest BCUT2D eigenvalue weighted by Gasteiger charge is -2.52. The van der Waals surface area contributed by atoms with Crippen LogP contribution in [0.1, 0.15) is 46.0 Å². The Labute approximate surface area is 109 Å². The summed E-state index contributed by atoms with van der Waals surface area (Å²) in [6.45, 7) is 8.11. The van der Waals surface area contributed by atoms with Gasteiger partial charge in [0.15, 0.2) is 0 Å². The van der Waals surface area contributed by atoms with Crippen molar-refractivity contribution in [2.75, 3.05) is 0 Å². The summed E-state index contributed by atoms with van der Waals surface area (Å²) in [5, 5.41) is 19.4. The minimum atomic E-state index is -0.703. The number of carboxylic acid groups (broad SMARTS) is 1. The van der Waals surface area contributed by atoms with Gasteiger partial charge in [0.05, 0.1) is 12.0 Å². The highest BCUT2D eigenvalue weighted by atomic mass is 16.4. The largest absolute Gasteiger partial charge is 0.481 e. The van der Waals surface area contributed by atoms with Gasteiger partial charge in [0, 0.05) is 5.41 Å². The molecule has 3 nitrogen and oxygen atoms in total. The third-order valence-corrected chi connectivity index (χ3v) is 5.48. The molecule has 2 aliphatic rings. The van der Waals surface area contributed by atoms with E-state index in [0.717, 1.165) is 32.1 Å². The van der Waals surface area contributed by atoms with Crippen molar-refractivity contribution in [3.8, 4) is 0 Å². The first kappa shape index (κ1) is 13.6. The molecule has 5 atom stereocenters. The molecule has 0 bridgehead atoms. The van der Waals surface area contributed by atoms with Crippen LogP contribution in [0.25, 0.3) is 0 Å². The van der Waals surface area contributed by atoms with Gasteiger partial charge in [-0.1, -0.05) is 26.0 Å². The lowest BCUT2D eigenvalue weighted by atomic mass is 9.54. The maximum absolute atomic E-state index is 11.1. The van der Waals surface area contributed by atoms with Crippen LogP contribution < -0.4 is 0 Å². The molecule has 2 saturated carbocycles. The van der Waals surface area contributed by atoms with Crippen molar-refractivity contribution < 1.29 is 15.0 Å². The Hall–Kier alpha value is -0.830. The Morgan fingerprint density at radius 2 is 2.17 bits per heavy atom. The van der Waals surface area contributed by atoms with Gasteiger partial charge in [-0.3, -0.25) is 4.79 Å². The Balaban J connectivity index is 2.16. The molecule has 2 rings (SSSR count). The zero-order valence-corrected chi connectivity index (χ0v) is 11.4. The molecule has 2 fully saturated rings. The standard InChI is InChI=1S/C15H24O3/c1-9-4-5-13(16)15(3)7-6-11(8-12(9)15)10(2)14(17)18/h10-13,16H,1,4-8H2,2-3H3,(H,17,18)/t10-,11+,12+,13-,15+/m0/s1. The number of fused-ring (bicyclic) bond motifs is 1. The van der Waals surface area contributed by atoms with E-state index in [9.17, 15) is 9.90 Å². The first-order chi connectivity index (χ1) is 8.36. The minimum Gasteiger partial charge on any atom is -0.481 e. The molecule has 0 heterocycles. The fraction of sp³-hybridized carbons (Fsp3) is 0.800. The SMILES string of the molecule is C=C1CC[C@H](O)[C@]2(C)CC[C@@H]([C@H](C)C(=O)O)C[C@H]12. The molecule has 2 aliphatic carbocycles. The van der Waals surface area contributed by atoms with Gasteiger partial charge in [-0.15, -0.1) is 0 Å². The summed E-state index contributed by atoms with van der Waals surface area (Å²) < 4.78 is 0.